The molecule has 29 heavy (non-hydrogen) atoms. The quantitative estimate of drug-likeness (QED) is 0.737. The molecule has 0 bridgehead atoms. The normalized spacial score (nSPS) is 14.1. The summed E-state index contributed by atoms with van der Waals surface area (Å²) in [6.07, 6.45) is 5.49. The maximum absolute atomic E-state index is 12.5. The topological polar surface area (TPSA) is 76.7 Å². The predicted molar refractivity (Wildman–Crippen MR) is 112 cm³/mol. The zero-order valence-electron chi connectivity index (χ0n) is 17.0. The maximum Gasteiger partial charge on any atom is 0.255 e. The van der Waals surface area contributed by atoms with Crippen LogP contribution in [0.2, 0.25) is 0 Å². The van der Waals surface area contributed by atoms with Crippen LogP contribution in [0.15, 0.2) is 42.5 Å². The third kappa shape index (κ3) is 5.50. The SMILES string of the molecule is COc1ccc(NC(=O)c2ccc(CNC(=O)C3CCCCC3)cc2)cc1OC. The highest BCUT2D eigenvalue weighted by Crippen LogP contribution is 2.30. The highest BCUT2D eigenvalue weighted by atomic mass is 16.5. The third-order valence-electron chi connectivity index (χ3n) is 5.30. The number of ether oxygens (including phenoxy) is 2. The molecule has 0 aromatic heterocycles. The van der Waals surface area contributed by atoms with Gasteiger partial charge in [0.2, 0.25) is 5.91 Å². The van der Waals surface area contributed by atoms with Gasteiger partial charge in [-0.15, -0.1) is 0 Å². The summed E-state index contributed by atoms with van der Waals surface area (Å²) in [7, 11) is 3.12. The van der Waals surface area contributed by atoms with Gasteiger partial charge in [-0.25, -0.2) is 0 Å². The molecule has 0 atom stereocenters. The molecule has 1 fully saturated rings. The van der Waals surface area contributed by atoms with E-state index in [0.717, 1.165) is 31.2 Å². The van der Waals surface area contributed by atoms with Crippen LogP contribution in [0, 0.1) is 5.92 Å². The van der Waals surface area contributed by atoms with Crippen molar-refractivity contribution in [1.29, 1.82) is 0 Å². The lowest BCUT2D eigenvalue weighted by atomic mass is 9.88. The van der Waals surface area contributed by atoms with Crippen molar-refractivity contribution >= 4 is 17.5 Å². The molecule has 2 N–H and O–H groups in total. The number of rotatable bonds is 7. The zero-order chi connectivity index (χ0) is 20.6. The Morgan fingerprint density at radius 3 is 2.28 bits per heavy atom. The predicted octanol–water partition coefficient (Wildman–Crippen LogP) is 4.15. The van der Waals surface area contributed by atoms with Gasteiger partial charge in [0.15, 0.2) is 11.5 Å². The molecule has 0 aliphatic heterocycles. The van der Waals surface area contributed by atoms with Crippen molar-refractivity contribution in [1.82, 2.24) is 5.32 Å². The first-order valence-electron chi connectivity index (χ1n) is 10.0. The van der Waals surface area contributed by atoms with E-state index in [4.69, 9.17) is 9.47 Å². The summed E-state index contributed by atoms with van der Waals surface area (Å²) in [5.41, 5.74) is 2.13. The fourth-order valence-corrected chi connectivity index (χ4v) is 3.59. The van der Waals surface area contributed by atoms with Gasteiger partial charge in [-0.2, -0.15) is 0 Å². The lowest BCUT2D eigenvalue weighted by Crippen LogP contribution is -2.31. The molecule has 2 amide bonds. The van der Waals surface area contributed by atoms with Gasteiger partial charge in [0, 0.05) is 29.8 Å². The molecular weight excluding hydrogens is 368 g/mol. The molecule has 2 aromatic rings. The van der Waals surface area contributed by atoms with Crippen LogP contribution in [0.4, 0.5) is 5.69 Å². The Bertz CT molecular complexity index is 842. The number of benzene rings is 2. The van der Waals surface area contributed by atoms with Crippen LogP contribution in [0.3, 0.4) is 0 Å². The average molecular weight is 396 g/mol. The lowest BCUT2D eigenvalue weighted by Gasteiger charge is -2.20. The van der Waals surface area contributed by atoms with E-state index in [9.17, 15) is 9.59 Å². The van der Waals surface area contributed by atoms with E-state index >= 15 is 0 Å². The standard InChI is InChI=1S/C23H28N2O4/c1-28-20-13-12-19(14-21(20)29-2)25-23(27)18-10-8-16(9-11-18)15-24-22(26)17-6-4-3-5-7-17/h8-14,17H,3-7,15H2,1-2H3,(H,24,26)(H,25,27). The number of hydrogen-bond donors (Lipinski definition) is 2. The molecule has 0 heterocycles. The summed E-state index contributed by atoms with van der Waals surface area (Å²) in [5, 5.41) is 5.87. The van der Waals surface area contributed by atoms with Crippen LogP contribution < -0.4 is 20.1 Å². The number of hydrogen-bond acceptors (Lipinski definition) is 4. The maximum atomic E-state index is 12.5. The highest BCUT2D eigenvalue weighted by Gasteiger charge is 2.20. The summed E-state index contributed by atoms with van der Waals surface area (Å²) in [4.78, 5) is 24.8. The number of carbonyl (C=O) groups excluding carboxylic acids is 2. The molecule has 0 radical (unpaired) electrons. The summed E-state index contributed by atoms with van der Waals surface area (Å²) in [5.74, 6) is 1.23. The second kappa shape index (κ2) is 9.96. The molecule has 3 rings (SSSR count). The fraction of sp³-hybridized carbons (Fsp3) is 0.391. The van der Waals surface area contributed by atoms with Crippen molar-refractivity contribution in [2.45, 2.75) is 38.6 Å². The number of nitrogens with one attached hydrogen (secondary N) is 2. The van der Waals surface area contributed by atoms with Crippen LogP contribution in [0.1, 0.15) is 48.0 Å². The number of amides is 2. The Morgan fingerprint density at radius 1 is 0.931 bits per heavy atom. The van der Waals surface area contributed by atoms with E-state index in [2.05, 4.69) is 10.6 Å². The van der Waals surface area contributed by atoms with Crippen molar-refractivity contribution in [3.05, 3.63) is 53.6 Å². The Morgan fingerprint density at radius 2 is 1.62 bits per heavy atom. The monoisotopic (exact) mass is 396 g/mol. The summed E-state index contributed by atoms with van der Waals surface area (Å²) >= 11 is 0. The van der Waals surface area contributed by atoms with Crippen LogP contribution in [0.25, 0.3) is 0 Å². The smallest absolute Gasteiger partial charge is 0.255 e. The molecule has 6 nitrogen and oxygen atoms in total. The van der Waals surface area contributed by atoms with Gasteiger partial charge in [-0.3, -0.25) is 9.59 Å². The minimum absolute atomic E-state index is 0.139. The van der Waals surface area contributed by atoms with E-state index in [-0.39, 0.29) is 17.7 Å². The molecule has 0 unspecified atom stereocenters. The first kappa shape index (κ1) is 20.7. The molecule has 2 aromatic carbocycles. The molecular formula is C23H28N2O4. The third-order valence-corrected chi connectivity index (χ3v) is 5.30. The number of anilines is 1. The first-order valence-corrected chi connectivity index (χ1v) is 10.0. The first-order chi connectivity index (χ1) is 14.1. The van der Waals surface area contributed by atoms with Gasteiger partial charge < -0.3 is 20.1 Å². The van der Waals surface area contributed by atoms with Crippen molar-refractivity contribution in [2.75, 3.05) is 19.5 Å². The molecule has 0 spiro atoms. The Hall–Kier alpha value is -3.02. The fourth-order valence-electron chi connectivity index (χ4n) is 3.59. The van der Waals surface area contributed by atoms with Gasteiger partial charge in [-0.1, -0.05) is 31.4 Å². The van der Waals surface area contributed by atoms with Gasteiger partial charge in [0.25, 0.3) is 5.91 Å². The second-order valence-corrected chi connectivity index (χ2v) is 7.27. The molecule has 6 heteroatoms. The molecule has 154 valence electrons. The van der Waals surface area contributed by atoms with E-state index in [1.807, 2.05) is 12.1 Å². The van der Waals surface area contributed by atoms with Crippen molar-refractivity contribution in [2.24, 2.45) is 5.92 Å². The molecule has 1 aliphatic rings. The van der Waals surface area contributed by atoms with Crippen molar-refractivity contribution in [3.63, 3.8) is 0 Å². The highest BCUT2D eigenvalue weighted by molar-refractivity contribution is 6.04. The lowest BCUT2D eigenvalue weighted by molar-refractivity contribution is -0.126. The van der Waals surface area contributed by atoms with Crippen LogP contribution in [-0.4, -0.2) is 26.0 Å². The van der Waals surface area contributed by atoms with E-state index in [1.165, 1.54) is 6.42 Å². The van der Waals surface area contributed by atoms with Gasteiger partial charge in [-0.05, 0) is 42.7 Å². The van der Waals surface area contributed by atoms with Gasteiger partial charge in [0.1, 0.15) is 0 Å². The summed E-state index contributed by atoms with van der Waals surface area (Å²) in [6.45, 7) is 0.479. The van der Waals surface area contributed by atoms with Crippen LogP contribution >= 0.6 is 0 Å². The van der Waals surface area contributed by atoms with E-state index in [1.54, 1.807) is 44.6 Å². The van der Waals surface area contributed by atoms with Crippen LogP contribution in [0.5, 0.6) is 11.5 Å². The Balaban J connectivity index is 1.55. The Labute approximate surface area is 171 Å². The molecule has 0 saturated heterocycles. The Kier molecular flexibility index (Phi) is 7.11. The average Bonchev–Trinajstić information content (AvgIpc) is 2.78. The minimum Gasteiger partial charge on any atom is -0.493 e. The van der Waals surface area contributed by atoms with E-state index < -0.39 is 0 Å². The summed E-state index contributed by atoms with van der Waals surface area (Å²) < 4.78 is 10.5. The largest absolute Gasteiger partial charge is 0.493 e. The number of carbonyl (C=O) groups is 2. The van der Waals surface area contributed by atoms with Crippen molar-refractivity contribution < 1.29 is 19.1 Å². The van der Waals surface area contributed by atoms with Crippen LogP contribution in [-0.2, 0) is 11.3 Å². The summed E-state index contributed by atoms with van der Waals surface area (Å²) in [6, 6.07) is 12.5. The zero-order valence-corrected chi connectivity index (χ0v) is 17.0. The van der Waals surface area contributed by atoms with Gasteiger partial charge >= 0.3 is 0 Å². The minimum atomic E-state index is -0.213. The number of methoxy groups -OCH3 is 2. The molecule has 1 aliphatic carbocycles. The van der Waals surface area contributed by atoms with Crippen molar-refractivity contribution in [3.8, 4) is 11.5 Å². The molecule has 1 saturated carbocycles. The van der Waals surface area contributed by atoms with E-state index in [0.29, 0.717) is 29.3 Å². The second-order valence-electron chi connectivity index (χ2n) is 7.27. The van der Waals surface area contributed by atoms with Gasteiger partial charge in [0.05, 0.1) is 14.2 Å².